The van der Waals surface area contributed by atoms with Crippen LogP contribution in [-0.4, -0.2) is 16.7 Å². The lowest BCUT2D eigenvalue weighted by atomic mass is 10.1. The summed E-state index contributed by atoms with van der Waals surface area (Å²) < 4.78 is 5.23. The van der Waals surface area contributed by atoms with Crippen molar-refractivity contribution in [1.82, 2.24) is 10.1 Å². The van der Waals surface area contributed by atoms with Crippen LogP contribution in [0.5, 0.6) is 0 Å². The molecule has 2 rings (SSSR count). The van der Waals surface area contributed by atoms with Crippen molar-refractivity contribution in [3.05, 3.63) is 35.7 Å². The Morgan fingerprint density at radius 1 is 1.24 bits per heavy atom. The van der Waals surface area contributed by atoms with Crippen molar-refractivity contribution in [3.8, 4) is 11.5 Å². The van der Waals surface area contributed by atoms with Crippen molar-refractivity contribution >= 4 is 0 Å². The molecule has 0 unspecified atom stereocenters. The second kappa shape index (κ2) is 5.10. The minimum atomic E-state index is 0.281. The summed E-state index contributed by atoms with van der Waals surface area (Å²) in [5, 5.41) is 3.94. The molecule has 4 nitrogen and oxygen atoms in total. The summed E-state index contributed by atoms with van der Waals surface area (Å²) in [5.41, 5.74) is 7.68. The van der Waals surface area contributed by atoms with E-state index in [-0.39, 0.29) is 5.92 Å². The highest BCUT2D eigenvalue weighted by molar-refractivity contribution is 5.53. The van der Waals surface area contributed by atoms with E-state index in [0.717, 1.165) is 17.8 Å². The Morgan fingerprint density at radius 2 is 1.94 bits per heavy atom. The highest BCUT2D eigenvalue weighted by Gasteiger charge is 2.10. The van der Waals surface area contributed by atoms with Crippen LogP contribution in [0.25, 0.3) is 11.5 Å². The quantitative estimate of drug-likeness (QED) is 0.877. The SMILES string of the molecule is CC(C)c1noc(-c2ccc(CCN)cc2)n1. The highest BCUT2D eigenvalue weighted by Crippen LogP contribution is 2.20. The van der Waals surface area contributed by atoms with Crippen molar-refractivity contribution in [2.24, 2.45) is 5.73 Å². The first-order valence-corrected chi connectivity index (χ1v) is 5.83. The summed E-state index contributed by atoms with van der Waals surface area (Å²) in [7, 11) is 0. The largest absolute Gasteiger partial charge is 0.334 e. The summed E-state index contributed by atoms with van der Waals surface area (Å²) in [6.45, 7) is 4.75. The van der Waals surface area contributed by atoms with Gasteiger partial charge in [0.15, 0.2) is 5.82 Å². The monoisotopic (exact) mass is 231 g/mol. The van der Waals surface area contributed by atoms with Crippen molar-refractivity contribution in [2.75, 3.05) is 6.54 Å². The van der Waals surface area contributed by atoms with Gasteiger partial charge in [-0.2, -0.15) is 4.98 Å². The van der Waals surface area contributed by atoms with Gasteiger partial charge >= 0.3 is 0 Å². The van der Waals surface area contributed by atoms with E-state index in [4.69, 9.17) is 10.3 Å². The van der Waals surface area contributed by atoms with Crippen LogP contribution in [0.3, 0.4) is 0 Å². The average Bonchev–Trinajstić information content (AvgIpc) is 2.80. The van der Waals surface area contributed by atoms with Crippen LogP contribution in [0.1, 0.15) is 31.2 Å². The summed E-state index contributed by atoms with van der Waals surface area (Å²) >= 11 is 0. The lowest BCUT2D eigenvalue weighted by molar-refractivity contribution is 0.419. The zero-order chi connectivity index (χ0) is 12.3. The second-order valence-electron chi connectivity index (χ2n) is 4.35. The molecule has 90 valence electrons. The molecule has 0 saturated carbocycles. The number of benzene rings is 1. The standard InChI is InChI=1S/C13H17N3O/c1-9(2)12-15-13(17-16-12)11-5-3-10(4-6-11)7-8-14/h3-6,9H,7-8,14H2,1-2H3. The Balaban J connectivity index is 2.21. The van der Waals surface area contributed by atoms with Gasteiger partial charge in [0.2, 0.25) is 0 Å². The molecule has 0 saturated heterocycles. The van der Waals surface area contributed by atoms with E-state index < -0.39 is 0 Å². The molecule has 17 heavy (non-hydrogen) atoms. The Labute approximate surface area is 101 Å². The zero-order valence-electron chi connectivity index (χ0n) is 10.2. The van der Waals surface area contributed by atoms with Gasteiger partial charge in [0, 0.05) is 11.5 Å². The molecule has 0 spiro atoms. The summed E-state index contributed by atoms with van der Waals surface area (Å²) in [6, 6.07) is 8.06. The fourth-order valence-electron chi connectivity index (χ4n) is 1.57. The second-order valence-corrected chi connectivity index (χ2v) is 4.35. The van der Waals surface area contributed by atoms with Crippen LogP contribution in [0.15, 0.2) is 28.8 Å². The maximum absolute atomic E-state index is 5.51. The van der Waals surface area contributed by atoms with Gasteiger partial charge in [-0.1, -0.05) is 31.1 Å². The molecule has 0 aliphatic heterocycles. The van der Waals surface area contributed by atoms with Crippen LogP contribution in [0, 0.1) is 0 Å². The van der Waals surface area contributed by atoms with Gasteiger partial charge in [-0.15, -0.1) is 0 Å². The normalized spacial score (nSPS) is 11.1. The topological polar surface area (TPSA) is 64.9 Å². The average molecular weight is 231 g/mol. The van der Waals surface area contributed by atoms with E-state index in [1.165, 1.54) is 5.56 Å². The Hall–Kier alpha value is -1.68. The molecule has 4 heteroatoms. The Morgan fingerprint density at radius 3 is 2.47 bits per heavy atom. The molecule has 2 N–H and O–H groups in total. The minimum absolute atomic E-state index is 0.281. The van der Waals surface area contributed by atoms with Gasteiger partial charge in [-0.25, -0.2) is 0 Å². The van der Waals surface area contributed by atoms with E-state index in [0.29, 0.717) is 12.4 Å². The molecular weight excluding hydrogens is 214 g/mol. The lowest BCUT2D eigenvalue weighted by Crippen LogP contribution is -2.02. The van der Waals surface area contributed by atoms with E-state index in [9.17, 15) is 0 Å². The first-order valence-electron chi connectivity index (χ1n) is 5.83. The molecule has 0 radical (unpaired) electrons. The summed E-state index contributed by atoms with van der Waals surface area (Å²) in [5.74, 6) is 1.60. The van der Waals surface area contributed by atoms with Gasteiger partial charge in [0.25, 0.3) is 5.89 Å². The third-order valence-electron chi connectivity index (χ3n) is 2.59. The molecule has 2 aromatic rings. The molecule has 0 atom stereocenters. The van der Waals surface area contributed by atoms with E-state index in [2.05, 4.69) is 10.1 Å². The van der Waals surface area contributed by atoms with Crippen molar-refractivity contribution in [2.45, 2.75) is 26.2 Å². The van der Waals surface area contributed by atoms with E-state index >= 15 is 0 Å². The molecule has 0 fully saturated rings. The lowest BCUT2D eigenvalue weighted by Gasteiger charge is -1.99. The van der Waals surface area contributed by atoms with E-state index in [1.807, 2.05) is 38.1 Å². The van der Waals surface area contributed by atoms with E-state index in [1.54, 1.807) is 0 Å². The number of rotatable bonds is 4. The molecule has 0 bridgehead atoms. The molecule has 1 heterocycles. The number of hydrogen-bond donors (Lipinski definition) is 1. The van der Waals surface area contributed by atoms with Crippen LogP contribution in [-0.2, 0) is 6.42 Å². The van der Waals surface area contributed by atoms with Crippen LogP contribution in [0.2, 0.25) is 0 Å². The number of nitrogens with two attached hydrogens (primary N) is 1. The maximum Gasteiger partial charge on any atom is 0.257 e. The van der Waals surface area contributed by atoms with Gasteiger partial charge in [0.05, 0.1) is 0 Å². The summed E-state index contributed by atoms with van der Waals surface area (Å²) in [6.07, 6.45) is 0.890. The summed E-state index contributed by atoms with van der Waals surface area (Å²) in [4.78, 5) is 4.35. The fraction of sp³-hybridized carbons (Fsp3) is 0.385. The number of nitrogens with zero attached hydrogens (tertiary/aromatic N) is 2. The third kappa shape index (κ3) is 2.71. The Kier molecular flexibility index (Phi) is 3.54. The molecule has 0 aliphatic rings. The van der Waals surface area contributed by atoms with Crippen LogP contribution < -0.4 is 5.73 Å². The minimum Gasteiger partial charge on any atom is -0.334 e. The number of hydrogen-bond acceptors (Lipinski definition) is 4. The maximum atomic E-state index is 5.51. The van der Waals surface area contributed by atoms with Crippen molar-refractivity contribution < 1.29 is 4.52 Å². The fourth-order valence-corrected chi connectivity index (χ4v) is 1.57. The molecular formula is C13H17N3O. The first kappa shape index (κ1) is 11.8. The van der Waals surface area contributed by atoms with Crippen LogP contribution >= 0.6 is 0 Å². The van der Waals surface area contributed by atoms with Crippen molar-refractivity contribution in [3.63, 3.8) is 0 Å². The molecule has 0 aliphatic carbocycles. The molecule has 1 aromatic carbocycles. The predicted molar refractivity (Wildman–Crippen MR) is 66.6 cm³/mol. The highest BCUT2D eigenvalue weighted by atomic mass is 16.5. The van der Waals surface area contributed by atoms with Crippen molar-refractivity contribution in [1.29, 1.82) is 0 Å². The Bertz CT molecular complexity index is 474. The van der Waals surface area contributed by atoms with Gasteiger partial charge < -0.3 is 10.3 Å². The van der Waals surface area contributed by atoms with Crippen LogP contribution in [0.4, 0.5) is 0 Å². The molecule has 0 amide bonds. The third-order valence-corrected chi connectivity index (χ3v) is 2.59. The van der Waals surface area contributed by atoms with Gasteiger partial charge in [0.1, 0.15) is 0 Å². The smallest absolute Gasteiger partial charge is 0.257 e. The number of aromatic nitrogens is 2. The van der Waals surface area contributed by atoms with Gasteiger partial charge in [-0.05, 0) is 30.7 Å². The first-order chi connectivity index (χ1) is 8.20. The molecule has 1 aromatic heterocycles. The zero-order valence-corrected chi connectivity index (χ0v) is 10.2. The predicted octanol–water partition coefficient (Wildman–Crippen LogP) is 2.36. The van der Waals surface area contributed by atoms with Gasteiger partial charge in [-0.3, -0.25) is 0 Å².